The van der Waals surface area contributed by atoms with Crippen LogP contribution in [0.5, 0.6) is 0 Å². The van der Waals surface area contributed by atoms with E-state index >= 15 is 0 Å². The van der Waals surface area contributed by atoms with Crippen LogP contribution in [0.1, 0.15) is 5.56 Å². The Labute approximate surface area is 122 Å². The van der Waals surface area contributed by atoms with Gasteiger partial charge in [0.2, 0.25) is 0 Å². The largest absolute Gasteiger partial charge is 0.269 e. The molecule has 0 fully saturated rings. The van der Waals surface area contributed by atoms with E-state index in [1.807, 2.05) is 0 Å². The van der Waals surface area contributed by atoms with Gasteiger partial charge in [0.05, 0.1) is 4.90 Å². The van der Waals surface area contributed by atoms with E-state index in [4.69, 9.17) is 23.8 Å². The number of sulfonamides is 1. The van der Waals surface area contributed by atoms with Gasteiger partial charge in [0.25, 0.3) is 10.0 Å². The summed E-state index contributed by atoms with van der Waals surface area (Å²) in [4.78, 5) is 0.312. The monoisotopic (exact) mass is 311 g/mol. The van der Waals surface area contributed by atoms with Crippen molar-refractivity contribution in [1.82, 2.24) is 4.72 Å². The van der Waals surface area contributed by atoms with Gasteiger partial charge in [-0.15, -0.1) is 0 Å². The molecule has 0 atom stereocenters. The number of hydrogen-bond acceptors (Lipinski definition) is 3. The lowest BCUT2D eigenvalue weighted by atomic mass is 10.2. The molecule has 0 saturated heterocycles. The minimum atomic E-state index is -3.64. The molecule has 6 heteroatoms. The molecule has 1 N–H and O–H groups in total. The number of hydrogen-bond donors (Lipinski definition) is 1. The minimum Gasteiger partial charge on any atom is -0.269 e. The van der Waals surface area contributed by atoms with Gasteiger partial charge in [-0.05, 0) is 24.3 Å². The van der Waals surface area contributed by atoms with Gasteiger partial charge in [-0.2, -0.15) is 0 Å². The summed E-state index contributed by atoms with van der Waals surface area (Å²) in [5.74, 6) is 0. The number of rotatable bonds is 3. The second-order valence-corrected chi connectivity index (χ2v) is 6.28. The maximum Gasteiger partial charge on any atom is 0.262 e. The van der Waals surface area contributed by atoms with Crippen LogP contribution in [-0.2, 0) is 10.0 Å². The molecule has 0 aliphatic carbocycles. The average molecular weight is 312 g/mol. The van der Waals surface area contributed by atoms with Crippen LogP contribution >= 0.6 is 23.8 Å². The molecule has 2 aromatic carbocycles. The molecule has 0 unspecified atom stereocenters. The number of halogens is 1. The number of nitrogens with one attached hydrogen (secondary N) is 1. The van der Waals surface area contributed by atoms with E-state index < -0.39 is 10.0 Å². The van der Waals surface area contributed by atoms with E-state index in [0.717, 1.165) is 0 Å². The van der Waals surface area contributed by atoms with E-state index in [0.29, 0.717) is 10.6 Å². The molecule has 0 amide bonds. The fourth-order valence-electron chi connectivity index (χ4n) is 1.44. The van der Waals surface area contributed by atoms with E-state index in [-0.39, 0.29) is 9.88 Å². The van der Waals surface area contributed by atoms with Crippen molar-refractivity contribution in [3.63, 3.8) is 0 Å². The molecule has 3 nitrogen and oxygen atoms in total. The Bertz CT molecular complexity index is 682. The van der Waals surface area contributed by atoms with Gasteiger partial charge in [-0.1, -0.05) is 54.2 Å². The molecule has 0 radical (unpaired) electrons. The molecule has 2 rings (SSSR count). The lowest BCUT2D eigenvalue weighted by Crippen LogP contribution is -2.29. The molecule has 0 aromatic heterocycles. The van der Waals surface area contributed by atoms with Crippen molar-refractivity contribution in [2.45, 2.75) is 4.90 Å². The summed E-state index contributed by atoms with van der Waals surface area (Å²) >= 11 is 10.8. The van der Waals surface area contributed by atoms with Crippen LogP contribution in [-0.4, -0.2) is 13.4 Å². The summed E-state index contributed by atoms with van der Waals surface area (Å²) in [5.41, 5.74) is 0.596. The molecular formula is C13H10ClNO2S2. The Morgan fingerprint density at radius 1 is 1.00 bits per heavy atom. The second kappa shape index (κ2) is 5.69. The fraction of sp³-hybridized carbons (Fsp3) is 0. The summed E-state index contributed by atoms with van der Waals surface area (Å²) < 4.78 is 26.5. The van der Waals surface area contributed by atoms with E-state index in [1.54, 1.807) is 42.5 Å². The molecular weight excluding hydrogens is 302 g/mol. The predicted molar refractivity (Wildman–Crippen MR) is 79.9 cm³/mol. The van der Waals surface area contributed by atoms with E-state index in [2.05, 4.69) is 4.72 Å². The van der Waals surface area contributed by atoms with Crippen LogP contribution in [0.3, 0.4) is 0 Å². The number of benzene rings is 2. The standard InChI is InChI=1S/C13H10ClNO2S2/c14-11-8-6-10(7-9-11)13(18)15-19(16,17)12-4-2-1-3-5-12/h1-9H,(H,15,18). The first-order valence-corrected chi connectivity index (χ1v) is 7.64. The Morgan fingerprint density at radius 2 is 1.58 bits per heavy atom. The highest BCUT2D eigenvalue weighted by molar-refractivity contribution is 7.92. The Hall–Kier alpha value is -1.43. The summed E-state index contributed by atoms with van der Waals surface area (Å²) in [6.07, 6.45) is 0. The second-order valence-electron chi connectivity index (χ2n) is 3.75. The van der Waals surface area contributed by atoms with Gasteiger partial charge in [-0.3, -0.25) is 4.72 Å². The van der Waals surface area contributed by atoms with Crippen molar-refractivity contribution in [2.24, 2.45) is 0 Å². The third kappa shape index (κ3) is 3.53. The summed E-state index contributed by atoms with van der Waals surface area (Å²) in [6, 6.07) is 14.7. The smallest absolute Gasteiger partial charge is 0.262 e. The first kappa shape index (κ1) is 14.0. The fourth-order valence-corrected chi connectivity index (χ4v) is 3.03. The van der Waals surface area contributed by atoms with Gasteiger partial charge in [0.15, 0.2) is 0 Å². The van der Waals surface area contributed by atoms with Crippen LogP contribution in [0, 0.1) is 0 Å². The Morgan fingerprint density at radius 3 is 2.16 bits per heavy atom. The highest BCUT2D eigenvalue weighted by atomic mass is 35.5. The van der Waals surface area contributed by atoms with Crippen LogP contribution in [0.15, 0.2) is 59.5 Å². The molecule has 0 bridgehead atoms. The maximum atomic E-state index is 12.1. The zero-order chi connectivity index (χ0) is 13.9. The third-order valence-electron chi connectivity index (χ3n) is 2.39. The van der Waals surface area contributed by atoms with Gasteiger partial charge in [0.1, 0.15) is 4.99 Å². The van der Waals surface area contributed by atoms with Gasteiger partial charge >= 0.3 is 0 Å². The molecule has 0 aliphatic heterocycles. The van der Waals surface area contributed by atoms with Crippen molar-refractivity contribution in [1.29, 1.82) is 0 Å². The molecule has 0 heterocycles. The van der Waals surface area contributed by atoms with Crippen LogP contribution in [0.4, 0.5) is 0 Å². The normalized spacial score (nSPS) is 11.0. The van der Waals surface area contributed by atoms with Gasteiger partial charge in [0, 0.05) is 10.6 Å². The molecule has 19 heavy (non-hydrogen) atoms. The highest BCUT2D eigenvalue weighted by Crippen LogP contribution is 2.12. The molecule has 0 spiro atoms. The van der Waals surface area contributed by atoms with E-state index in [1.165, 1.54) is 12.1 Å². The van der Waals surface area contributed by atoms with E-state index in [9.17, 15) is 8.42 Å². The van der Waals surface area contributed by atoms with Gasteiger partial charge < -0.3 is 0 Å². The third-order valence-corrected chi connectivity index (χ3v) is 4.47. The highest BCUT2D eigenvalue weighted by Gasteiger charge is 2.15. The molecule has 2 aromatic rings. The van der Waals surface area contributed by atoms with Gasteiger partial charge in [-0.25, -0.2) is 8.42 Å². The van der Waals surface area contributed by atoms with Crippen LogP contribution in [0.2, 0.25) is 5.02 Å². The first-order valence-electron chi connectivity index (χ1n) is 5.37. The summed E-state index contributed by atoms with van der Waals surface area (Å²) in [7, 11) is -3.64. The van der Waals surface area contributed by atoms with Crippen molar-refractivity contribution in [3.05, 3.63) is 65.2 Å². The lowest BCUT2D eigenvalue weighted by Gasteiger charge is -2.09. The van der Waals surface area contributed by atoms with Crippen LogP contribution < -0.4 is 4.72 Å². The van der Waals surface area contributed by atoms with Crippen molar-refractivity contribution in [3.8, 4) is 0 Å². The Balaban J connectivity index is 2.22. The average Bonchev–Trinajstić information content (AvgIpc) is 2.40. The molecule has 98 valence electrons. The zero-order valence-electron chi connectivity index (χ0n) is 9.71. The van der Waals surface area contributed by atoms with Crippen LogP contribution in [0.25, 0.3) is 0 Å². The summed E-state index contributed by atoms with van der Waals surface area (Å²) in [6.45, 7) is 0. The van der Waals surface area contributed by atoms with Crippen molar-refractivity contribution >= 4 is 38.8 Å². The lowest BCUT2D eigenvalue weighted by molar-refractivity contribution is 0.593. The quantitative estimate of drug-likeness (QED) is 0.886. The van der Waals surface area contributed by atoms with Crippen molar-refractivity contribution < 1.29 is 8.42 Å². The predicted octanol–water partition coefficient (Wildman–Crippen LogP) is 2.99. The Kier molecular flexibility index (Phi) is 4.19. The maximum absolute atomic E-state index is 12.1. The SMILES string of the molecule is O=S(=O)(NC(=S)c1ccc(Cl)cc1)c1ccccc1. The van der Waals surface area contributed by atoms with Crippen molar-refractivity contribution in [2.75, 3.05) is 0 Å². The first-order chi connectivity index (χ1) is 8.99. The molecule has 0 aliphatic rings. The number of thiocarbonyl (C=S) groups is 1. The molecule has 0 saturated carbocycles. The topological polar surface area (TPSA) is 46.2 Å². The minimum absolute atomic E-state index is 0.139. The summed E-state index contributed by atoms with van der Waals surface area (Å²) in [5, 5.41) is 0.567. The zero-order valence-corrected chi connectivity index (χ0v) is 12.1.